The van der Waals surface area contributed by atoms with Gasteiger partial charge in [0.25, 0.3) is 5.91 Å². The monoisotopic (exact) mass is 246 g/mol. The first kappa shape index (κ1) is 13.1. The molecule has 2 rings (SSSR count). The number of carbonyl (C=O) groups excluding carboxylic acids is 1. The van der Waals surface area contributed by atoms with Crippen LogP contribution in [-0.2, 0) is 0 Å². The number of hydrogen-bond donors (Lipinski definition) is 1. The van der Waals surface area contributed by atoms with Gasteiger partial charge in [0.2, 0.25) is 0 Å². The van der Waals surface area contributed by atoms with Crippen molar-refractivity contribution in [2.24, 2.45) is 11.7 Å². The van der Waals surface area contributed by atoms with Gasteiger partial charge in [-0.05, 0) is 56.3 Å². The zero-order chi connectivity index (χ0) is 13.1. The van der Waals surface area contributed by atoms with E-state index in [0.717, 1.165) is 25.2 Å². The van der Waals surface area contributed by atoms with Gasteiger partial charge in [-0.2, -0.15) is 0 Å². The zero-order valence-electron chi connectivity index (χ0n) is 11.2. The van der Waals surface area contributed by atoms with Gasteiger partial charge in [0.05, 0.1) is 0 Å². The molecule has 0 bridgehead atoms. The molecule has 0 radical (unpaired) electrons. The summed E-state index contributed by atoms with van der Waals surface area (Å²) in [6, 6.07) is 8.05. The van der Waals surface area contributed by atoms with Gasteiger partial charge >= 0.3 is 0 Å². The minimum Gasteiger partial charge on any atom is -0.339 e. The highest BCUT2D eigenvalue weighted by molar-refractivity contribution is 5.94. The molecule has 3 nitrogen and oxygen atoms in total. The van der Waals surface area contributed by atoms with Crippen molar-refractivity contribution >= 4 is 5.91 Å². The summed E-state index contributed by atoms with van der Waals surface area (Å²) < 4.78 is 0. The van der Waals surface area contributed by atoms with Crippen LogP contribution in [0.5, 0.6) is 0 Å². The summed E-state index contributed by atoms with van der Waals surface area (Å²) in [7, 11) is 0. The van der Waals surface area contributed by atoms with Gasteiger partial charge in [-0.15, -0.1) is 0 Å². The summed E-state index contributed by atoms with van der Waals surface area (Å²) >= 11 is 0. The fourth-order valence-electron chi connectivity index (χ4n) is 2.48. The van der Waals surface area contributed by atoms with Crippen LogP contribution in [0.2, 0.25) is 0 Å². The first-order chi connectivity index (χ1) is 8.71. The molecule has 1 fully saturated rings. The third-order valence-corrected chi connectivity index (χ3v) is 3.86. The van der Waals surface area contributed by atoms with Crippen molar-refractivity contribution in [2.75, 3.05) is 19.6 Å². The Morgan fingerprint density at radius 3 is 2.33 bits per heavy atom. The number of hydrogen-bond acceptors (Lipinski definition) is 2. The first-order valence-electron chi connectivity index (χ1n) is 6.80. The van der Waals surface area contributed by atoms with E-state index in [-0.39, 0.29) is 5.91 Å². The number of rotatable bonds is 5. The summed E-state index contributed by atoms with van der Waals surface area (Å²) in [6.45, 7) is 6.30. The van der Waals surface area contributed by atoms with Gasteiger partial charge in [-0.25, -0.2) is 0 Å². The molecule has 0 aliphatic heterocycles. The van der Waals surface area contributed by atoms with E-state index in [9.17, 15) is 4.79 Å². The molecule has 0 heterocycles. The Labute approximate surface area is 109 Å². The SMILES string of the molecule is CCN(CC)C(=O)c1ccc(C2CC2CN)cc1. The summed E-state index contributed by atoms with van der Waals surface area (Å²) in [6.07, 6.45) is 1.19. The number of amides is 1. The van der Waals surface area contributed by atoms with Crippen molar-refractivity contribution < 1.29 is 4.79 Å². The highest BCUT2D eigenvalue weighted by atomic mass is 16.2. The Morgan fingerprint density at radius 2 is 1.89 bits per heavy atom. The second-order valence-electron chi connectivity index (χ2n) is 4.94. The molecule has 98 valence electrons. The molecule has 2 N–H and O–H groups in total. The van der Waals surface area contributed by atoms with E-state index in [4.69, 9.17) is 5.73 Å². The van der Waals surface area contributed by atoms with Crippen LogP contribution >= 0.6 is 0 Å². The quantitative estimate of drug-likeness (QED) is 0.866. The van der Waals surface area contributed by atoms with Crippen LogP contribution in [0.25, 0.3) is 0 Å². The molecule has 0 saturated heterocycles. The fraction of sp³-hybridized carbons (Fsp3) is 0.533. The Kier molecular flexibility index (Phi) is 4.02. The molecule has 1 aliphatic rings. The molecule has 2 unspecified atom stereocenters. The van der Waals surface area contributed by atoms with Crippen molar-refractivity contribution in [1.82, 2.24) is 4.90 Å². The Bertz CT molecular complexity index is 409. The van der Waals surface area contributed by atoms with Crippen molar-refractivity contribution in [3.63, 3.8) is 0 Å². The van der Waals surface area contributed by atoms with Gasteiger partial charge in [0.15, 0.2) is 0 Å². The van der Waals surface area contributed by atoms with Crippen LogP contribution in [0.3, 0.4) is 0 Å². The molecule has 2 atom stereocenters. The van der Waals surface area contributed by atoms with Crippen LogP contribution in [-0.4, -0.2) is 30.4 Å². The Balaban J connectivity index is 2.06. The van der Waals surface area contributed by atoms with Crippen LogP contribution in [0.15, 0.2) is 24.3 Å². The molecule has 0 aromatic heterocycles. The number of benzene rings is 1. The van der Waals surface area contributed by atoms with E-state index in [0.29, 0.717) is 11.8 Å². The van der Waals surface area contributed by atoms with Gasteiger partial charge in [-0.1, -0.05) is 12.1 Å². The third kappa shape index (κ3) is 2.56. The number of carbonyl (C=O) groups is 1. The van der Waals surface area contributed by atoms with Crippen LogP contribution < -0.4 is 5.73 Å². The molecule has 1 amide bonds. The maximum absolute atomic E-state index is 12.1. The molecular formula is C15H22N2O. The van der Waals surface area contributed by atoms with Gasteiger partial charge in [0.1, 0.15) is 0 Å². The maximum Gasteiger partial charge on any atom is 0.253 e. The highest BCUT2D eigenvalue weighted by Crippen LogP contribution is 2.46. The molecule has 1 aliphatic carbocycles. The predicted octanol–water partition coefficient (Wildman–Crippen LogP) is 2.23. The number of nitrogens with zero attached hydrogens (tertiary/aromatic N) is 1. The van der Waals surface area contributed by atoms with Gasteiger partial charge in [-0.3, -0.25) is 4.79 Å². The summed E-state index contributed by atoms with van der Waals surface area (Å²) in [4.78, 5) is 14.0. The highest BCUT2D eigenvalue weighted by Gasteiger charge is 2.36. The summed E-state index contributed by atoms with van der Waals surface area (Å²) in [5.74, 6) is 1.39. The average Bonchev–Trinajstić information content (AvgIpc) is 3.19. The average molecular weight is 246 g/mol. The minimum atomic E-state index is 0.123. The molecule has 1 aromatic carbocycles. The van der Waals surface area contributed by atoms with Crippen LogP contribution in [0.1, 0.15) is 42.1 Å². The Hall–Kier alpha value is -1.35. The zero-order valence-corrected chi connectivity index (χ0v) is 11.2. The van der Waals surface area contributed by atoms with E-state index in [1.165, 1.54) is 12.0 Å². The van der Waals surface area contributed by atoms with Crippen molar-refractivity contribution in [3.8, 4) is 0 Å². The molecule has 1 aromatic rings. The molecule has 1 saturated carbocycles. The van der Waals surface area contributed by atoms with Crippen molar-refractivity contribution in [2.45, 2.75) is 26.2 Å². The van der Waals surface area contributed by atoms with E-state index >= 15 is 0 Å². The van der Waals surface area contributed by atoms with Crippen molar-refractivity contribution in [3.05, 3.63) is 35.4 Å². The predicted molar refractivity (Wildman–Crippen MR) is 73.6 cm³/mol. The smallest absolute Gasteiger partial charge is 0.253 e. The fourth-order valence-corrected chi connectivity index (χ4v) is 2.48. The topological polar surface area (TPSA) is 46.3 Å². The normalized spacial score (nSPS) is 21.7. The van der Waals surface area contributed by atoms with E-state index in [1.54, 1.807) is 0 Å². The molecular weight excluding hydrogens is 224 g/mol. The minimum absolute atomic E-state index is 0.123. The summed E-state index contributed by atoms with van der Waals surface area (Å²) in [5, 5.41) is 0. The maximum atomic E-state index is 12.1. The first-order valence-corrected chi connectivity index (χ1v) is 6.80. The standard InChI is InChI=1S/C15H22N2O/c1-3-17(4-2)15(18)12-7-5-11(6-8-12)14-9-13(14)10-16/h5-8,13-14H,3-4,9-10,16H2,1-2H3. The van der Waals surface area contributed by atoms with Gasteiger partial charge < -0.3 is 10.6 Å². The van der Waals surface area contributed by atoms with E-state index < -0.39 is 0 Å². The van der Waals surface area contributed by atoms with Gasteiger partial charge in [0, 0.05) is 18.7 Å². The molecule has 0 spiro atoms. The largest absolute Gasteiger partial charge is 0.339 e. The van der Waals surface area contributed by atoms with E-state index in [1.807, 2.05) is 30.9 Å². The second-order valence-corrected chi connectivity index (χ2v) is 4.94. The Morgan fingerprint density at radius 1 is 1.28 bits per heavy atom. The van der Waals surface area contributed by atoms with Crippen LogP contribution in [0, 0.1) is 5.92 Å². The van der Waals surface area contributed by atoms with Crippen molar-refractivity contribution in [1.29, 1.82) is 0 Å². The lowest BCUT2D eigenvalue weighted by molar-refractivity contribution is 0.0773. The molecule has 18 heavy (non-hydrogen) atoms. The lowest BCUT2D eigenvalue weighted by Gasteiger charge is -2.18. The lowest BCUT2D eigenvalue weighted by atomic mass is 10.1. The van der Waals surface area contributed by atoms with Crippen LogP contribution in [0.4, 0.5) is 0 Å². The van der Waals surface area contributed by atoms with E-state index in [2.05, 4.69) is 12.1 Å². The third-order valence-electron chi connectivity index (χ3n) is 3.86. The molecule has 3 heteroatoms. The lowest BCUT2D eigenvalue weighted by Crippen LogP contribution is -2.30. The summed E-state index contributed by atoms with van der Waals surface area (Å²) in [5.41, 5.74) is 7.76. The number of nitrogens with two attached hydrogens (primary N) is 1. The second kappa shape index (κ2) is 5.53.